The molecular formula is C15H15NO4. The van der Waals surface area contributed by atoms with Crippen LogP contribution in [0.25, 0.3) is 0 Å². The van der Waals surface area contributed by atoms with Crippen LogP contribution in [-0.2, 0) is 6.61 Å². The Morgan fingerprint density at radius 3 is 2.40 bits per heavy atom. The summed E-state index contributed by atoms with van der Waals surface area (Å²) in [5.41, 5.74) is 6.13. The standard InChI is InChI=1S/C15H15NO4/c16-8-12(17)11-6-7-13(15(19)14(11)18)20-9-10-4-2-1-3-5-10/h1-7,18-19H,8-9,16H2. The highest BCUT2D eigenvalue weighted by atomic mass is 16.5. The third-order valence-electron chi connectivity index (χ3n) is 2.84. The summed E-state index contributed by atoms with van der Waals surface area (Å²) in [6.45, 7) is 0.00917. The molecule has 2 rings (SSSR count). The number of phenolic OH excluding ortho intramolecular Hbond substituents is 2. The molecule has 0 fully saturated rings. The number of benzene rings is 2. The molecule has 0 saturated carbocycles. The van der Waals surface area contributed by atoms with Gasteiger partial charge in [-0.25, -0.2) is 0 Å². The van der Waals surface area contributed by atoms with Crippen LogP contribution < -0.4 is 10.5 Å². The number of Topliss-reactive ketones (excluding diaryl/α,β-unsaturated/α-hetero) is 1. The monoisotopic (exact) mass is 273 g/mol. The molecule has 0 aliphatic carbocycles. The van der Waals surface area contributed by atoms with Gasteiger partial charge in [0.2, 0.25) is 5.75 Å². The summed E-state index contributed by atoms with van der Waals surface area (Å²) in [6, 6.07) is 12.2. The SMILES string of the molecule is NCC(=O)c1ccc(OCc2ccccc2)c(O)c1O. The molecule has 104 valence electrons. The van der Waals surface area contributed by atoms with Gasteiger partial charge in [-0.15, -0.1) is 0 Å². The van der Waals surface area contributed by atoms with Crippen molar-refractivity contribution in [1.29, 1.82) is 0 Å². The molecule has 5 heteroatoms. The Morgan fingerprint density at radius 1 is 1.05 bits per heavy atom. The van der Waals surface area contributed by atoms with Crippen molar-refractivity contribution in [2.45, 2.75) is 6.61 Å². The van der Waals surface area contributed by atoms with Crippen LogP contribution in [0.2, 0.25) is 0 Å². The van der Waals surface area contributed by atoms with Crippen molar-refractivity contribution in [3.63, 3.8) is 0 Å². The van der Waals surface area contributed by atoms with Crippen LogP contribution in [0.15, 0.2) is 42.5 Å². The molecule has 0 saturated heterocycles. The molecule has 20 heavy (non-hydrogen) atoms. The van der Waals surface area contributed by atoms with Crippen molar-refractivity contribution in [2.24, 2.45) is 5.73 Å². The molecule has 2 aromatic rings. The van der Waals surface area contributed by atoms with Gasteiger partial charge in [0.1, 0.15) is 6.61 Å². The molecule has 2 aromatic carbocycles. The van der Waals surface area contributed by atoms with E-state index in [1.807, 2.05) is 30.3 Å². The summed E-state index contributed by atoms with van der Waals surface area (Å²) < 4.78 is 5.42. The van der Waals surface area contributed by atoms with Gasteiger partial charge in [-0.3, -0.25) is 4.79 Å². The molecule has 4 N–H and O–H groups in total. The molecule has 5 nitrogen and oxygen atoms in total. The highest BCUT2D eigenvalue weighted by Crippen LogP contribution is 2.38. The molecule has 0 bridgehead atoms. The first-order valence-corrected chi connectivity index (χ1v) is 6.08. The van der Waals surface area contributed by atoms with Gasteiger partial charge in [0.25, 0.3) is 0 Å². The Labute approximate surface area is 116 Å². The van der Waals surface area contributed by atoms with E-state index in [0.29, 0.717) is 0 Å². The Kier molecular flexibility index (Phi) is 4.22. The summed E-state index contributed by atoms with van der Waals surface area (Å²) in [5, 5.41) is 19.6. The molecule has 0 aliphatic rings. The number of phenols is 2. The highest BCUT2D eigenvalue weighted by molar-refractivity contribution is 6.00. The number of nitrogens with two attached hydrogens (primary N) is 1. The summed E-state index contributed by atoms with van der Waals surface area (Å²) in [4.78, 5) is 11.4. The van der Waals surface area contributed by atoms with Crippen molar-refractivity contribution in [1.82, 2.24) is 0 Å². The fraction of sp³-hybridized carbons (Fsp3) is 0.133. The number of hydrogen-bond donors (Lipinski definition) is 3. The van der Waals surface area contributed by atoms with Gasteiger partial charge >= 0.3 is 0 Å². The predicted octanol–water partition coefficient (Wildman–Crippen LogP) is 1.82. The summed E-state index contributed by atoms with van der Waals surface area (Å²) in [5.74, 6) is -1.31. The van der Waals surface area contributed by atoms with Crippen LogP contribution in [0.4, 0.5) is 0 Å². The van der Waals surface area contributed by atoms with E-state index in [9.17, 15) is 15.0 Å². The number of ether oxygens (including phenoxy) is 1. The maximum atomic E-state index is 11.4. The Hall–Kier alpha value is -2.53. The third kappa shape index (κ3) is 2.89. The van der Waals surface area contributed by atoms with E-state index >= 15 is 0 Å². The summed E-state index contributed by atoms with van der Waals surface area (Å²) in [7, 11) is 0. The first-order chi connectivity index (χ1) is 9.63. The van der Waals surface area contributed by atoms with E-state index < -0.39 is 17.3 Å². The number of carbonyl (C=O) groups excluding carboxylic acids is 1. The zero-order valence-corrected chi connectivity index (χ0v) is 10.7. The normalized spacial score (nSPS) is 10.2. The van der Waals surface area contributed by atoms with E-state index in [1.165, 1.54) is 12.1 Å². The lowest BCUT2D eigenvalue weighted by atomic mass is 10.1. The van der Waals surface area contributed by atoms with Gasteiger partial charge in [0, 0.05) is 0 Å². The second-order valence-electron chi connectivity index (χ2n) is 4.21. The topological polar surface area (TPSA) is 92.8 Å². The largest absolute Gasteiger partial charge is 0.504 e. The zero-order chi connectivity index (χ0) is 14.5. The minimum atomic E-state index is -0.508. The number of ketones is 1. The second kappa shape index (κ2) is 6.08. The maximum Gasteiger partial charge on any atom is 0.201 e. The number of carbonyl (C=O) groups is 1. The average Bonchev–Trinajstić information content (AvgIpc) is 2.49. The van der Waals surface area contributed by atoms with Gasteiger partial charge in [-0.1, -0.05) is 30.3 Å². The van der Waals surface area contributed by atoms with E-state index in [4.69, 9.17) is 10.5 Å². The summed E-state index contributed by atoms with van der Waals surface area (Å²) in [6.07, 6.45) is 0. The molecule has 0 amide bonds. The van der Waals surface area contributed by atoms with Gasteiger partial charge < -0.3 is 20.7 Å². The third-order valence-corrected chi connectivity index (χ3v) is 2.84. The first kappa shape index (κ1) is 13.9. The quantitative estimate of drug-likeness (QED) is 0.570. The lowest BCUT2D eigenvalue weighted by Gasteiger charge is -2.11. The van der Waals surface area contributed by atoms with Crippen molar-refractivity contribution >= 4 is 5.78 Å². The molecule has 0 heterocycles. The van der Waals surface area contributed by atoms with Crippen molar-refractivity contribution in [3.8, 4) is 17.2 Å². The highest BCUT2D eigenvalue weighted by Gasteiger charge is 2.17. The Balaban J connectivity index is 2.18. The van der Waals surface area contributed by atoms with E-state index in [0.717, 1.165) is 5.56 Å². The second-order valence-corrected chi connectivity index (χ2v) is 4.21. The van der Waals surface area contributed by atoms with E-state index in [2.05, 4.69) is 0 Å². The molecule has 0 aromatic heterocycles. The fourth-order valence-corrected chi connectivity index (χ4v) is 1.75. The smallest absolute Gasteiger partial charge is 0.201 e. The minimum Gasteiger partial charge on any atom is -0.504 e. The molecule has 0 aliphatic heterocycles. The van der Waals surface area contributed by atoms with Crippen LogP contribution >= 0.6 is 0 Å². The molecule has 0 radical (unpaired) electrons. The van der Waals surface area contributed by atoms with Gasteiger partial charge in [0.15, 0.2) is 17.3 Å². The molecular weight excluding hydrogens is 258 g/mol. The number of aromatic hydroxyl groups is 2. The fourth-order valence-electron chi connectivity index (χ4n) is 1.75. The zero-order valence-electron chi connectivity index (χ0n) is 10.7. The average molecular weight is 273 g/mol. The number of hydrogen-bond acceptors (Lipinski definition) is 5. The lowest BCUT2D eigenvalue weighted by Crippen LogP contribution is -2.13. The van der Waals surface area contributed by atoms with Gasteiger partial charge in [-0.05, 0) is 17.7 Å². The minimum absolute atomic E-state index is 0.0166. The molecule has 0 atom stereocenters. The number of rotatable bonds is 5. The van der Waals surface area contributed by atoms with Crippen molar-refractivity contribution < 1.29 is 19.7 Å². The van der Waals surface area contributed by atoms with E-state index in [-0.39, 0.29) is 24.5 Å². The Morgan fingerprint density at radius 2 is 1.75 bits per heavy atom. The van der Waals surface area contributed by atoms with Crippen LogP contribution in [0, 0.1) is 0 Å². The predicted molar refractivity (Wildman–Crippen MR) is 73.9 cm³/mol. The van der Waals surface area contributed by atoms with Crippen LogP contribution in [0.1, 0.15) is 15.9 Å². The summed E-state index contributed by atoms with van der Waals surface area (Å²) >= 11 is 0. The van der Waals surface area contributed by atoms with Crippen molar-refractivity contribution in [2.75, 3.05) is 6.54 Å². The first-order valence-electron chi connectivity index (χ1n) is 6.08. The van der Waals surface area contributed by atoms with Gasteiger partial charge in [0.05, 0.1) is 12.1 Å². The van der Waals surface area contributed by atoms with Crippen molar-refractivity contribution in [3.05, 3.63) is 53.6 Å². The van der Waals surface area contributed by atoms with Crippen LogP contribution in [0.5, 0.6) is 17.2 Å². The van der Waals surface area contributed by atoms with Crippen LogP contribution in [-0.4, -0.2) is 22.5 Å². The Bertz CT molecular complexity index is 611. The lowest BCUT2D eigenvalue weighted by molar-refractivity contribution is 0.0998. The van der Waals surface area contributed by atoms with Gasteiger partial charge in [-0.2, -0.15) is 0 Å². The van der Waals surface area contributed by atoms with Crippen LogP contribution in [0.3, 0.4) is 0 Å². The molecule has 0 spiro atoms. The maximum absolute atomic E-state index is 11.4. The van der Waals surface area contributed by atoms with E-state index in [1.54, 1.807) is 0 Å². The molecule has 0 unspecified atom stereocenters.